The Kier molecular flexibility index (Phi) is 4.92. The average Bonchev–Trinajstić information content (AvgIpc) is 3.44. The number of fused-ring (bicyclic) bond motifs is 2. The Hall–Kier alpha value is -3.29. The van der Waals surface area contributed by atoms with Gasteiger partial charge in [0.2, 0.25) is 0 Å². The van der Waals surface area contributed by atoms with Crippen molar-refractivity contribution in [3.05, 3.63) is 66.0 Å². The van der Waals surface area contributed by atoms with Crippen molar-refractivity contribution in [3.8, 4) is 0 Å². The summed E-state index contributed by atoms with van der Waals surface area (Å²) in [6, 6.07) is 13.9. The number of para-hydroxylation sites is 1. The van der Waals surface area contributed by atoms with Crippen molar-refractivity contribution < 1.29 is 14.7 Å². The van der Waals surface area contributed by atoms with Crippen LogP contribution >= 0.6 is 11.8 Å². The maximum Gasteiger partial charge on any atom is 0.259 e. The predicted molar refractivity (Wildman–Crippen MR) is 124 cm³/mol. The van der Waals surface area contributed by atoms with Gasteiger partial charge in [-0.3, -0.25) is 14.9 Å². The van der Waals surface area contributed by atoms with Crippen LogP contribution in [0.15, 0.2) is 59.8 Å². The van der Waals surface area contributed by atoms with Gasteiger partial charge in [0.15, 0.2) is 0 Å². The van der Waals surface area contributed by atoms with Crippen LogP contribution in [0.2, 0.25) is 0 Å². The molecular formula is C24H21N3O3S. The van der Waals surface area contributed by atoms with Gasteiger partial charge >= 0.3 is 0 Å². The summed E-state index contributed by atoms with van der Waals surface area (Å²) in [5.41, 5.74) is 4.10. The molecule has 0 saturated carbocycles. The molecule has 2 aromatic carbocycles. The lowest BCUT2D eigenvalue weighted by Crippen LogP contribution is -2.22. The number of H-pyrrole nitrogens is 1. The number of nitrogens with one attached hydrogen (secondary N) is 2. The van der Waals surface area contributed by atoms with Crippen LogP contribution < -0.4 is 5.32 Å². The molecule has 156 valence electrons. The second kappa shape index (κ2) is 7.76. The van der Waals surface area contributed by atoms with E-state index >= 15 is 0 Å². The van der Waals surface area contributed by atoms with E-state index in [4.69, 9.17) is 0 Å². The Morgan fingerprint density at radius 3 is 2.55 bits per heavy atom. The number of aliphatic hydroxyl groups is 1. The molecular weight excluding hydrogens is 410 g/mol. The molecule has 0 aliphatic carbocycles. The molecule has 2 aromatic heterocycles. The topological polar surface area (TPSA) is 87.1 Å². The van der Waals surface area contributed by atoms with Gasteiger partial charge < -0.3 is 14.7 Å². The Balaban J connectivity index is 1.80. The zero-order chi connectivity index (χ0) is 21.5. The Morgan fingerprint density at radius 1 is 1.00 bits per heavy atom. The van der Waals surface area contributed by atoms with E-state index in [1.807, 2.05) is 53.4 Å². The third-order valence-electron chi connectivity index (χ3n) is 5.70. The van der Waals surface area contributed by atoms with E-state index in [9.17, 15) is 14.7 Å². The molecule has 5 rings (SSSR count). The quantitative estimate of drug-likeness (QED) is 0.320. The highest BCUT2D eigenvalue weighted by Crippen LogP contribution is 2.39. The first-order valence-corrected chi connectivity index (χ1v) is 11.3. The maximum atomic E-state index is 13.0. The van der Waals surface area contributed by atoms with E-state index in [0.717, 1.165) is 32.3 Å². The molecule has 0 unspecified atom stereocenters. The summed E-state index contributed by atoms with van der Waals surface area (Å²) in [6.07, 6.45) is 6.32. The van der Waals surface area contributed by atoms with Gasteiger partial charge in [0.1, 0.15) is 0 Å². The molecule has 0 saturated heterocycles. The SMILES string of the molecule is CSc1ccc2c(c1)c(C1=C(c3c[nH]c4ccccc34)C(=O)NC1=O)cn2CCCO. The van der Waals surface area contributed by atoms with Gasteiger partial charge in [0, 0.05) is 63.4 Å². The van der Waals surface area contributed by atoms with Gasteiger partial charge in [-0.25, -0.2) is 0 Å². The summed E-state index contributed by atoms with van der Waals surface area (Å²) in [6.45, 7) is 0.705. The van der Waals surface area contributed by atoms with E-state index in [1.54, 1.807) is 18.0 Å². The lowest BCUT2D eigenvalue weighted by molar-refractivity contribution is -0.122. The normalized spacial score (nSPS) is 14.3. The number of carbonyl (C=O) groups excluding carboxylic acids is 2. The molecule has 3 heterocycles. The highest BCUT2D eigenvalue weighted by atomic mass is 32.2. The monoisotopic (exact) mass is 431 g/mol. The predicted octanol–water partition coefficient (Wildman–Crippen LogP) is 3.79. The number of aryl methyl sites for hydroxylation is 1. The fourth-order valence-electron chi connectivity index (χ4n) is 4.28. The van der Waals surface area contributed by atoms with Crippen molar-refractivity contribution in [1.82, 2.24) is 14.9 Å². The molecule has 31 heavy (non-hydrogen) atoms. The molecule has 0 bridgehead atoms. The van der Waals surface area contributed by atoms with Crippen molar-refractivity contribution in [2.75, 3.05) is 12.9 Å². The minimum atomic E-state index is -0.388. The zero-order valence-corrected chi connectivity index (χ0v) is 17.8. The molecule has 0 atom stereocenters. The first-order valence-electron chi connectivity index (χ1n) is 10.1. The zero-order valence-electron chi connectivity index (χ0n) is 16.9. The molecule has 0 fully saturated rings. The Morgan fingerprint density at radius 2 is 1.77 bits per heavy atom. The van der Waals surface area contributed by atoms with E-state index in [0.29, 0.717) is 29.7 Å². The second-order valence-corrected chi connectivity index (χ2v) is 8.36. The van der Waals surface area contributed by atoms with Crippen molar-refractivity contribution in [2.45, 2.75) is 17.9 Å². The summed E-state index contributed by atoms with van der Waals surface area (Å²) >= 11 is 1.63. The highest BCUT2D eigenvalue weighted by Gasteiger charge is 2.35. The van der Waals surface area contributed by atoms with E-state index in [2.05, 4.69) is 16.4 Å². The number of rotatable bonds is 6. The number of aromatic amines is 1. The minimum absolute atomic E-state index is 0.0835. The van der Waals surface area contributed by atoms with E-state index < -0.39 is 0 Å². The van der Waals surface area contributed by atoms with Crippen molar-refractivity contribution in [3.63, 3.8) is 0 Å². The average molecular weight is 432 g/mol. The van der Waals surface area contributed by atoms with Gasteiger partial charge in [0.05, 0.1) is 11.1 Å². The third-order valence-corrected chi connectivity index (χ3v) is 6.43. The highest BCUT2D eigenvalue weighted by molar-refractivity contribution is 7.98. The van der Waals surface area contributed by atoms with Gasteiger partial charge in [-0.05, 0) is 36.9 Å². The first-order chi connectivity index (χ1) is 15.1. The van der Waals surface area contributed by atoms with Crippen LogP contribution in [0, 0.1) is 0 Å². The lowest BCUT2D eigenvalue weighted by atomic mass is 9.95. The Bertz CT molecular complexity index is 1380. The van der Waals surface area contributed by atoms with Crippen molar-refractivity contribution >= 4 is 56.5 Å². The number of carbonyl (C=O) groups is 2. The summed E-state index contributed by atoms with van der Waals surface area (Å²) in [5, 5.41) is 13.6. The van der Waals surface area contributed by atoms with Crippen molar-refractivity contribution in [1.29, 1.82) is 0 Å². The largest absolute Gasteiger partial charge is 0.396 e. The number of thioether (sulfide) groups is 1. The smallest absolute Gasteiger partial charge is 0.259 e. The molecule has 0 radical (unpaired) electrons. The van der Waals surface area contributed by atoms with Gasteiger partial charge in [-0.15, -0.1) is 11.8 Å². The van der Waals surface area contributed by atoms with Crippen LogP contribution in [-0.4, -0.2) is 39.3 Å². The summed E-state index contributed by atoms with van der Waals surface area (Å²) in [5.74, 6) is -0.775. The number of hydrogen-bond acceptors (Lipinski definition) is 4. The first kappa shape index (κ1) is 19.7. The molecule has 2 amide bonds. The molecule has 7 heteroatoms. The number of aliphatic hydroxyl groups excluding tert-OH is 1. The van der Waals surface area contributed by atoms with Crippen LogP contribution in [0.3, 0.4) is 0 Å². The van der Waals surface area contributed by atoms with E-state index in [-0.39, 0.29) is 18.4 Å². The molecule has 0 spiro atoms. The fraction of sp³-hybridized carbons (Fsp3) is 0.167. The summed E-state index contributed by atoms with van der Waals surface area (Å²) < 4.78 is 2.04. The number of aromatic nitrogens is 2. The standard InChI is InChI=1S/C24H21N3O3S/c1-31-14-7-8-20-16(11-14)18(13-27(20)9-4-10-28)22-21(23(29)26-24(22)30)17-12-25-19-6-3-2-5-15(17)19/h2-3,5-8,11-13,25,28H,4,9-10H2,1H3,(H,26,29,30). The van der Waals surface area contributed by atoms with Gasteiger partial charge in [-0.1, -0.05) is 18.2 Å². The number of nitrogens with zero attached hydrogens (tertiary/aromatic N) is 1. The summed E-state index contributed by atoms with van der Waals surface area (Å²) in [4.78, 5) is 30.2. The number of imide groups is 1. The van der Waals surface area contributed by atoms with Crippen molar-refractivity contribution in [2.24, 2.45) is 0 Å². The third kappa shape index (κ3) is 3.17. The maximum absolute atomic E-state index is 13.0. The number of benzene rings is 2. The van der Waals surface area contributed by atoms with Gasteiger partial charge in [-0.2, -0.15) is 0 Å². The molecule has 1 aliphatic rings. The molecule has 3 N–H and O–H groups in total. The van der Waals surface area contributed by atoms with Crippen LogP contribution in [-0.2, 0) is 16.1 Å². The summed E-state index contributed by atoms with van der Waals surface area (Å²) in [7, 11) is 0. The van der Waals surface area contributed by atoms with Crippen LogP contribution in [0.25, 0.3) is 33.0 Å². The molecule has 6 nitrogen and oxygen atoms in total. The number of hydrogen-bond donors (Lipinski definition) is 3. The number of amides is 2. The van der Waals surface area contributed by atoms with Crippen LogP contribution in [0.1, 0.15) is 17.5 Å². The fourth-order valence-corrected chi connectivity index (χ4v) is 4.72. The van der Waals surface area contributed by atoms with E-state index in [1.165, 1.54) is 0 Å². The Labute approximate surface area is 182 Å². The van der Waals surface area contributed by atoms with Crippen LogP contribution in [0.4, 0.5) is 0 Å². The lowest BCUT2D eigenvalue weighted by Gasteiger charge is -2.04. The molecule has 1 aliphatic heterocycles. The van der Waals surface area contributed by atoms with Crippen LogP contribution in [0.5, 0.6) is 0 Å². The van der Waals surface area contributed by atoms with Gasteiger partial charge in [0.25, 0.3) is 11.8 Å². The second-order valence-electron chi connectivity index (χ2n) is 7.48. The minimum Gasteiger partial charge on any atom is -0.396 e. The molecule has 4 aromatic rings.